The number of hydrogen-bond acceptors (Lipinski definition) is 2. The maximum absolute atomic E-state index is 3.39. The highest BCUT2D eigenvalue weighted by Gasteiger charge is 2.25. The molecule has 90 valence electrons. The Labute approximate surface area is 95.4 Å². The molecule has 2 nitrogen and oxygen atoms in total. The lowest BCUT2D eigenvalue weighted by molar-refractivity contribution is 0.203. The minimum atomic E-state index is 0.835. The largest absolute Gasteiger partial charge is 0.317 e. The van der Waals surface area contributed by atoms with Crippen LogP contribution in [0.1, 0.15) is 46.5 Å². The highest BCUT2D eigenvalue weighted by atomic mass is 15.2. The van der Waals surface area contributed by atoms with Crippen molar-refractivity contribution in [3.63, 3.8) is 0 Å². The molecule has 1 aliphatic rings. The first-order valence-electron chi connectivity index (χ1n) is 6.70. The molecule has 0 amide bonds. The molecule has 0 aromatic rings. The van der Waals surface area contributed by atoms with Crippen molar-refractivity contribution in [1.82, 2.24) is 10.2 Å². The van der Waals surface area contributed by atoms with Gasteiger partial charge in [-0.2, -0.15) is 0 Å². The molecule has 1 heterocycles. The van der Waals surface area contributed by atoms with Crippen molar-refractivity contribution in [3.8, 4) is 0 Å². The van der Waals surface area contributed by atoms with Crippen molar-refractivity contribution >= 4 is 0 Å². The summed E-state index contributed by atoms with van der Waals surface area (Å²) < 4.78 is 0. The van der Waals surface area contributed by atoms with Crippen molar-refractivity contribution in [2.75, 3.05) is 26.2 Å². The van der Waals surface area contributed by atoms with Gasteiger partial charge in [-0.05, 0) is 57.8 Å². The Morgan fingerprint density at radius 3 is 2.80 bits per heavy atom. The molecule has 1 saturated heterocycles. The molecule has 1 unspecified atom stereocenters. The summed E-state index contributed by atoms with van der Waals surface area (Å²) >= 11 is 0. The molecule has 0 aromatic carbocycles. The minimum Gasteiger partial charge on any atom is -0.317 e. The summed E-state index contributed by atoms with van der Waals surface area (Å²) in [5, 5.41) is 3.39. The van der Waals surface area contributed by atoms with Gasteiger partial charge in [0.2, 0.25) is 0 Å². The fraction of sp³-hybridized carbons (Fsp3) is 1.00. The average molecular weight is 212 g/mol. The molecule has 0 radical (unpaired) electrons. The molecule has 15 heavy (non-hydrogen) atoms. The van der Waals surface area contributed by atoms with Crippen LogP contribution in [0.15, 0.2) is 0 Å². The van der Waals surface area contributed by atoms with Gasteiger partial charge in [0.05, 0.1) is 0 Å². The topological polar surface area (TPSA) is 15.3 Å². The number of nitrogens with zero attached hydrogens (tertiary/aromatic N) is 1. The quantitative estimate of drug-likeness (QED) is 0.652. The van der Waals surface area contributed by atoms with Crippen LogP contribution in [-0.4, -0.2) is 37.1 Å². The van der Waals surface area contributed by atoms with Gasteiger partial charge in [0.15, 0.2) is 0 Å². The van der Waals surface area contributed by atoms with E-state index in [0.29, 0.717) is 0 Å². The summed E-state index contributed by atoms with van der Waals surface area (Å²) in [6, 6.07) is 0.865. The van der Waals surface area contributed by atoms with Gasteiger partial charge in [0.25, 0.3) is 0 Å². The summed E-state index contributed by atoms with van der Waals surface area (Å²) in [6.07, 6.45) is 5.52. The summed E-state index contributed by atoms with van der Waals surface area (Å²) in [7, 11) is 0. The van der Waals surface area contributed by atoms with Gasteiger partial charge in [-0.15, -0.1) is 0 Å². The minimum absolute atomic E-state index is 0.835. The van der Waals surface area contributed by atoms with Gasteiger partial charge in [-0.25, -0.2) is 0 Å². The molecular weight excluding hydrogens is 184 g/mol. The predicted molar refractivity (Wildman–Crippen MR) is 67.2 cm³/mol. The van der Waals surface area contributed by atoms with Crippen molar-refractivity contribution in [2.45, 2.75) is 52.5 Å². The fourth-order valence-electron chi connectivity index (χ4n) is 2.63. The zero-order valence-corrected chi connectivity index (χ0v) is 10.8. The lowest BCUT2D eigenvalue weighted by Crippen LogP contribution is -2.34. The van der Waals surface area contributed by atoms with E-state index in [9.17, 15) is 0 Å². The van der Waals surface area contributed by atoms with E-state index in [1.165, 1.54) is 45.3 Å². The SMILES string of the molecule is CCNCCCCN1CCCC1C(C)C. The Bertz CT molecular complexity index is 157. The maximum Gasteiger partial charge on any atom is 0.0119 e. The number of nitrogens with one attached hydrogen (secondary N) is 1. The van der Waals surface area contributed by atoms with Gasteiger partial charge in [-0.1, -0.05) is 20.8 Å². The number of unbranched alkanes of at least 4 members (excludes halogenated alkanes) is 1. The monoisotopic (exact) mass is 212 g/mol. The first-order chi connectivity index (χ1) is 7.25. The molecule has 1 atom stereocenters. The molecule has 0 spiro atoms. The van der Waals surface area contributed by atoms with Gasteiger partial charge >= 0.3 is 0 Å². The first kappa shape index (κ1) is 13.0. The number of likely N-dealkylation sites (tertiary alicyclic amines) is 1. The van der Waals surface area contributed by atoms with Gasteiger partial charge < -0.3 is 10.2 Å². The third-order valence-corrected chi connectivity index (χ3v) is 3.48. The van der Waals surface area contributed by atoms with E-state index in [1.54, 1.807) is 0 Å². The maximum atomic E-state index is 3.39. The van der Waals surface area contributed by atoms with Crippen molar-refractivity contribution < 1.29 is 0 Å². The molecule has 1 fully saturated rings. The lowest BCUT2D eigenvalue weighted by Gasteiger charge is -2.27. The van der Waals surface area contributed by atoms with Gasteiger partial charge in [0.1, 0.15) is 0 Å². The number of rotatable bonds is 7. The molecule has 0 aliphatic carbocycles. The van der Waals surface area contributed by atoms with E-state index in [2.05, 4.69) is 31.0 Å². The second-order valence-electron chi connectivity index (χ2n) is 5.05. The molecular formula is C13H28N2. The van der Waals surface area contributed by atoms with E-state index in [4.69, 9.17) is 0 Å². The van der Waals surface area contributed by atoms with E-state index >= 15 is 0 Å². The smallest absolute Gasteiger partial charge is 0.0119 e. The molecule has 0 aromatic heterocycles. The normalized spacial score (nSPS) is 22.8. The third-order valence-electron chi connectivity index (χ3n) is 3.48. The van der Waals surface area contributed by atoms with Gasteiger partial charge in [0, 0.05) is 6.04 Å². The summed E-state index contributed by atoms with van der Waals surface area (Å²) in [6.45, 7) is 11.9. The van der Waals surface area contributed by atoms with E-state index in [-0.39, 0.29) is 0 Å². The molecule has 1 aliphatic heterocycles. The van der Waals surface area contributed by atoms with Crippen molar-refractivity contribution in [1.29, 1.82) is 0 Å². The zero-order valence-electron chi connectivity index (χ0n) is 10.8. The summed E-state index contributed by atoms with van der Waals surface area (Å²) in [4.78, 5) is 2.70. The van der Waals surface area contributed by atoms with Crippen LogP contribution in [0.25, 0.3) is 0 Å². The van der Waals surface area contributed by atoms with Crippen LogP contribution in [0.2, 0.25) is 0 Å². The standard InChI is InChI=1S/C13H28N2/c1-4-14-9-5-6-10-15-11-7-8-13(15)12(2)3/h12-14H,4-11H2,1-3H3. The first-order valence-corrected chi connectivity index (χ1v) is 6.70. The summed E-state index contributed by atoms with van der Waals surface area (Å²) in [5.41, 5.74) is 0. The Morgan fingerprint density at radius 2 is 2.13 bits per heavy atom. The van der Waals surface area contributed by atoms with Crippen LogP contribution in [0.4, 0.5) is 0 Å². The van der Waals surface area contributed by atoms with Crippen LogP contribution in [0.5, 0.6) is 0 Å². The van der Waals surface area contributed by atoms with Crippen LogP contribution in [0, 0.1) is 5.92 Å². The van der Waals surface area contributed by atoms with Crippen LogP contribution >= 0.6 is 0 Å². The molecule has 0 bridgehead atoms. The molecule has 2 heteroatoms. The van der Waals surface area contributed by atoms with Crippen LogP contribution < -0.4 is 5.32 Å². The zero-order chi connectivity index (χ0) is 11.1. The highest BCUT2D eigenvalue weighted by molar-refractivity contribution is 4.81. The van der Waals surface area contributed by atoms with E-state index < -0.39 is 0 Å². The molecule has 1 N–H and O–H groups in total. The average Bonchev–Trinajstić information content (AvgIpc) is 2.66. The Hall–Kier alpha value is -0.0800. The van der Waals surface area contributed by atoms with Crippen LogP contribution in [0.3, 0.4) is 0 Å². The van der Waals surface area contributed by atoms with Crippen molar-refractivity contribution in [2.24, 2.45) is 5.92 Å². The summed E-state index contributed by atoms with van der Waals surface area (Å²) in [5.74, 6) is 0.835. The highest BCUT2D eigenvalue weighted by Crippen LogP contribution is 2.23. The molecule has 0 saturated carbocycles. The Kier molecular flexibility index (Phi) is 6.26. The van der Waals surface area contributed by atoms with E-state index in [0.717, 1.165) is 18.5 Å². The fourth-order valence-corrected chi connectivity index (χ4v) is 2.63. The second-order valence-corrected chi connectivity index (χ2v) is 5.05. The lowest BCUT2D eigenvalue weighted by atomic mass is 10.0. The molecule has 1 rings (SSSR count). The Morgan fingerprint density at radius 1 is 1.33 bits per heavy atom. The predicted octanol–water partition coefficient (Wildman–Crippen LogP) is 2.50. The van der Waals surface area contributed by atoms with E-state index in [1.807, 2.05) is 0 Å². The Balaban J connectivity index is 2.09. The second kappa shape index (κ2) is 7.24. The van der Waals surface area contributed by atoms with Crippen molar-refractivity contribution in [3.05, 3.63) is 0 Å². The van der Waals surface area contributed by atoms with Gasteiger partial charge in [-0.3, -0.25) is 0 Å². The third kappa shape index (κ3) is 4.52. The number of hydrogen-bond donors (Lipinski definition) is 1. The van der Waals surface area contributed by atoms with Crippen LogP contribution in [-0.2, 0) is 0 Å².